The molecule has 0 unspecified atom stereocenters. The molecular weight excluding hydrogens is 182 g/mol. The molecule has 2 atom stereocenters. The van der Waals surface area contributed by atoms with Crippen molar-refractivity contribution in [3.8, 4) is 0 Å². The molecule has 1 aromatic heterocycles. The first-order valence-electron chi connectivity index (χ1n) is 4.87. The van der Waals surface area contributed by atoms with E-state index < -0.39 is 0 Å². The van der Waals surface area contributed by atoms with Crippen LogP contribution in [-0.4, -0.2) is 16.2 Å². The van der Waals surface area contributed by atoms with E-state index in [0.29, 0.717) is 5.92 Å². The fourth-order valence-electron chi connectivity index (χ4n) is 2.01. The summed E-state index contributed by atoms with van der Waals surface area (Å²) in [6, 6.07) is 0. The lowest BCUT2D eigenvalue weighted by Crippen LogP contribution is -2.22. The molecule has 0 amide bonds. The van der Waals surface area contributed by atoms with Crippen LogP contribution in [0.4, 0.5) is 0 Å². The summed E-state index contributed by atoms with van der Waals surface area (Å²) >= 11 is 1.68. The molecule has 13 heavy (non-hydrogen) atoms. The summed E-state index contributed by atoms with van der Waals surface area (Å²) in [5.74, 6) is 0.304. The summed E-state index contributed by atoms with van der Waals surface area (Å²) in [5, 5.41) is 13.0. The average molecular weight is 197 g/mol. The highest BCUT2D eigenvalue weighted by atomic mass is 32.1. The molecule has 0 spiro atoms. The molecule has 1 aromatic rings. The minimum Gasteiger partial charge on any atom is -0.392 e. The predicted molar refractivity (Wildman–Crippen MR) is 54.1 cm³/mol. The molecule has 0 aromatic carbocycles. The summed E-state index contributed by atoms with van der Waals surface area (Å²) in [4.78, 5) is 4.44. The zero-order chi connectivity index (χ0) is 9.26. The molecule has 1 fully saturated rings. The van der Waals surface area contributed by atoms with Crippen LogP contribution in [0.25, 0.3) is 0 Å². The van der Waals surface area contributed by atoms with E-state index in [2.05, 4.69) is 10.4 Å². The van der Waals surface area contributed by atoms with Gasteiger partial charge in [0, 0.05) is 11.3 Å². The molecule has 0 bridgehead atoms. The number of aliphatic hydroxyl groups is 1. The zero-order valence-electron chi connectivity index (χ0n) is 7.86. The third-order valence-corrected chi connectivity index (χ3v) is 3.54. The van der Waals surface area contributed by atoms with Crippen molar-refractivity contribution in [3.63, 3.8) is 0 Å². The lowest BCUT2D eigenvalue weighted by molar-refractivity contribution is 0.105. The Morgan fingerprint density at radius 3 is 2.85 bits per heavy atom. The summed E-state index contributed by atoms with van der Waals surface area (Å²) in [7, 11) is 0. The van der Waals surface area contributed by atoms with E-state index in [1.807, 2.05) is 6.92 Å². The van der Waals surface area contributed by atoms with Gasteiger partial charge in [-0.05, 0) is 19.8 Å². The number of rotatable bonds is 1. The SMILES string of the molecule is Cc1nc([C@@H]2CCCC[C@H]2O)cs1. The lowest BCUT2D eigenvalue weighted by Gasteiger charge is -2.25. The first kappa shape index (κ1) is 9.16. The van der Waals surface area contributed by atoms with E-state index >= 15 is 0 Å². The Morgan fingerprint density at radius 1 is 1.46 bits per heavy atom. The number of aliphatic hydroxyl groups excluding tert-OH is 1. The molecule has 1 aliphatic carbocycles. The number of nitrogens with zero attached hydrogens (tertiary/aromatic N) is 1. The van der Waals surface area contributed by atoms with Crippen molar-refractivity contribution in [2.75, 3.05) is 0 Å². The van der Waals surface area contributed by atoms with Crippen molar-refractivity contribution >= 4 is 11.3 Å². The van der Waals surface area contributed by atoms with Gasteiger partial charge in [-0.3, -0.25) is 0 Å². The van der Waals surface area contributed by atoms with Crippen LogP contribution in [0.1, 0.15) is 42.3 Å². The Bertz CT molecular complexity index is 284. The van der Waals surface area contributed by atoms with Crippen LogP contribution >= 0.6 is 11.3 Å². The second kappa shape index (κ2) is 3.76. The molecule has 72 valence electrons. The van der Waals surface area contributed by atoms with Crippen molar-refractivity contribution < 1.29 is 5.11 Å². The van der Waals surface area contributed by atoms with Gasteiger partial charge in [-0.2, -0.15) is 0 Å². The number of aryl methyl sites for hydroxylation is 1. The minimum absolute atomic E-state index is 0.157. The molecule has 0 aliphatic heterocycles. The van der Waals surface area contributed by atoms with Gasteiger partial charge in [-0.15, -0.1) is 11.3 Å². The fourth-order valence-corrected chi connectivity index (χ4v) is 2.68. The fraction of sp³-hybridized carbons (Fsp3) is 0.700. The summed E-state index contributed by atoms with van der Waals surface area (Å²) < 4.78 is 0. The number of hydrogen-bond acceptors (Lipinski definition) is 3. The molecule has 1 heterocycles. The Balaban J connectivity index is 2.14. The van der Waals surface area contributed by atoms with Crippen LogP contribution in [0.2, 0.25) is 0 Å². The van der Waals surface area contributed by atoms with E-state index in [0.717, 1.165) is 23.5 Å². The van der Waals surface area contributed by atoms with Gasteiger partial charge in [-0.1, -0.05) is 12.8 Å². The van der Waals surface area contributed by atoms with Gasteiger partial charge in [0.15, 0.2) is 0 Å². The first-order valence-corrected chi connectivity index (χ1v) is 5.75. The van der Waals surface area contributed by atoms with Crippen LogP contribution in [0.3, 0.4) is 0 Å². The number of thiazole rings is 1. The zero-order valence-corrected chi connectivity index (χ0v) is 8.68. The lowest BCUT2D eigenvalue weighted by atomic mass is 9.85. The Morgan fingerprint density at radius 2 is 2.23 bits per heavy atom. The van der Waals surface area contributed by atoms with E-state index in [1.54, 1.807) is 11.3 Å². The van der Waals surface area contributed by atoms with Crippen LogP contribution < -0.4 is 0 Å². The molecule has 0 radical (unpaired) electrons. The van der Waals surface area contributed by atoms with E-state index in [4.69, 9.17) is 0 Å². The standard InChI is InChI=1S/C10H15NOS/c1-7-11-9(6-13-7)8-4-2-3-5-10(8)12/h6,8,10,12H,2-5H2,1H3/t8-,10+/m0/s1. The van der Waals surface area contributed by atoms with Crippen LogP contribution in [0.15, 0.2) is 5.38 Å². The van der Waals surface area contributed by atoms with Gasteiger partial charge in [0.05, 0.1) is 16.8 Å². The van der Waals surface area contributed by atoms with Gasteiger partial charge in [-0.25, -0.2) is 4.98 Å². The summed E-state index contributed by atoms with van der Waals surface area (Å²) in [6.45, 7) is 2.02. The topological polar surface area (TPSA) is 33.1 Å². The second-order valence-corrected chi connectivity index (χ2v) is 4.81. The Kier molecular flexibility index (Phi) is 2.65. The quantitative estimate of drug-likeness (QED) is 0.750. The molecule has 2 rings (SSSR count). The summed E-state index contributed by atoms with van der Waals surface area (Å²) in [6.07, 6.45) is 4.29. The van der Waals surface area contributed by atoms with Crippen molar-refractivity contribution in [2.24, 2.45) is 0 Å². The van der Waals surface area contributed by atoms with Crippen LogP contribution in [-0.2, 0) is 0 Å². The smallest absolute Gasteiger partial charge is 0.0897 e. The average Bonchev–Trinajstić information content (AvgIpc) is 2.53. The Hall–Kier alpha value is -0.410. The maximum atomic E-state index is 9.80. The molecule has 1 aliphatic rings. The van der Waals surface area contributed by atoms with Crippen molar-refractivity contribution in [3.05, 3.63) is 16.1 Å². The maximum absolute atomic E-state index is 9.80. The molecule has 1 saturated carbocycles. The highest BCUT2D eigenvalue weighted by Gasteiger charge is 2.26. The van der Waals surface area contributed by atoms with Crippen molar-refractivity contribution in [1.29, 1.82) is 0 Å². The third-order valence-electron chi connectivity index (χ3n) is 2.75. The van der Waals surface area contributed by atoms with E-state index in [1.165, 1.54) is 12.8 Å². The molecule has 3 heteroatoms. The van der Waals surface area contributed by atoms with Crippen molar-refractivity contribution in [1.82, 2.24) is 4.98 Å². The van der Waals surface area contributed by atoms with Gasteiger partial charge < -0.3 is 5.11 Å². The minimum atomic E-state index is -0.157. The second-order valence-electron chi connectivity index (χ2n) is 3.75. The third kappa shape index (κ3) is 1.92. The molecule has 0 saturated heterocycles. The van der Waals surface area contributed by atoms with Crippen molar-refractivity contribution in [2.45, 2.75) is 44.6 Å². The summed E-state index contributed by atoms with van der Waals surface area (Å²) in [5.41, 5.74) is 1.11. The van der Waals surface area contributed by atoms with Crippen LogP contribution in [0.5, 0.6) is 0 Å². The first-order chi connectivity index (χ1) is 6.27. The van der Waals surface area contributed by atoms with Gasteiger partial charge in [0.2, 0.25) is 0 Å². The normalized spacial score (nSPS) is 29.1. The van der Waals surface area contributed by atoms with E-state index in [-0.39, 0.29) is 6.10 Å². The number of hydrogen-bond donors (Lipinski definition) is 1. The molecular formula is C10H15NOS. The van der Waals surface area contributed by atoms with Gasteiger partial charge in [0.25, 0.3) is 0 Å². The maximum Gasteiger partial charge on any atom is 0.0897 e. The Labute approximate surface area is 82.6 Å². The van der Waals surface area contributed by atoms with Crippen LogP contribution in [0, 0.1) is 6.92 Å². The number of aromatic nitrogens is 1. The molecule has 1 N–H and O–H groups in total. The highest BCUT2D eigenvalue weighted by Crippen LogP contribution is 2.33. The molecule has 2 nitrogen and oxygen atoms in total. The van der Waals surface area contributed by atoms with Gasteiger partial charge in [0.1, 0.15) is 0 Å². The monoisotopic (exact) mass is 197 g/mol. The largest absolute Gasteiger partial charge is 0.392 e. The van der Waals surface area contributed by atoms with E-state index in [9.17, 15) is 5.11 Å². The van der Waals surface area contributed by atoms with Gasteiger partial charge >= 0.3 is 0 Å². The predicted octanol–water partition coefficient (Wildman–Crippen LogP) is 2.47. The highest BCUT2D eigenvalue weighted by molar-refractivity contribution is 7.09.